The number of carboxylic acids is 1. The minimum atomic E-state index is -0.931. The van der Waals surface area contributed by atoms with Crippen LogP contribution in [0.15, 0.2) is 0 Å². The minimum absolute atomic E-state index is 0.0699. The van der Waals surface area contributed by atoms with Gasteiger partial charge in [0.1, 0.15) is 0 Å². The number of aliphatic carboxylic acids is 1. The van der Waals surface area contributed by atoms with Crippen molar-refractivity contribution >= 4 is 11.9 Å². The fraction of sp³-hybridized carbons (Fsp3) is 0.600. The van der Waals surface area contributed by atoms with E-state index in [0.29, 0.717) is 0 Å². The molecule has 0 atom stereocenters. The minimum Gasteiger partial charge on any atom is -0.481 e. The average molecular weight is 130 g/mol. The normalized spacial score (nSPS) is 8.56. The highest BCUT2D eigenvalue weighted by molar-refractivity contribution is 5.73. The fourth-order valence-electron chi connectivity index (χ4n) is 0.309. The van der Waals surface area contributed by atoms with Gasteiger partial charge in [0.25, 0.3) is 0 Å². The number of carboxylic acid groups (broad SMARTS) is 1. The van der Waals surface area contributed by atoms with Gasteiger partial charge in [-0.3, -0.25) is 14.9 Å². The summed E-state index contributed by atoms with van der Waals surface area (Å²) in [4.78, 5) is 19.9. The SMILES string of the molecule is CC(=O)[N]CCC(=O)O. The molecule has 0 aromatic heterocycles. The molecular formula is C5H8NO3. The summed E-state index contributed by atoms with van der Waals surface area (Å²) in [5.74, 6) is -1.25. The summed E-state index contributed by atoms with van der Waals surface area (Å²) in [7, 11) is 0. The van der Waals surface area contributed by atoms with E-state index in [1.807, 2.05) is 0 Å². The molecular weight excluding hydrogens is 122 g/mol. The quantitative estimate of drug-likeness (QED) is 0.565. The van der Waals surface area contributed by atoms with Gasteiger partial charge in [0, 0.05) is 6.92 Å². The number of carbonyl (C=O) groups is 2. The molecule has 9 heavy (non-hydrogen) atoms. The van der Waals surface area contributed by atoms with E-state index in [1.165, 1.54) is 6.92 Å². The van der Waals surface area contributed by atoms with Gasteiger partial charge in [0.15, 0.2) is 0 Å². The van der Waals surface area contributed by atoms with E-state index in [2.05, 4.69) is 5.32 Å². The number of rotatable bonds is 3. The first-order valence-corrected chi connectivity index (χ1v) is 2.53. The smallest absolute Gasteiger partial charge is 0.305 e. The summed E-state index contributed by atoms with van der Waals surface area (Å²) in [5, 5.41) is 11.4. The summed E-state index contributed by atoms with van der Waals surface area (Å²) < 4.78 is 0. The lowest BCUT2D eigenvalue weighted by molar-refractivity contribution is -0.136. The van der Waals surface area contributed by atoms with Crippen LogP contribution in [0.2, 0.25) is 0 Å². The third-order valence-electron chi connectivity index (χ3n) is 0.660. The molecule has 0 bridgehead atoms. The second-order valence-electron chi connectivity index (χ2n) is 1.54. The lowest BCUT2D eigenvalue weighted by Crippen LogP contribution is -2.15. The Labute approximate surface area is 52.9 Å². The van der Waals surface area contributed by atoms with E-state index in [4.69, 9.17) is 5.11 Å². The highest BCUT2D eigenvalue weighted by Crippen LogP contribution is 1.75. The van der Waals surface area contributed by atoms with E-state index < -0.39 is 5.97 Å². The summed E-state index contributed by atoms with van der Waals surface area (Å²) in [5.41, 5.74) is 0. The van der Waals surface area contributed by atoms with E-state index in [1.54, 1.807) is 0 Å². The molecule has 0 heterocycles. The summed E-state index contributed by atoms with van der Waals surface area (Å²) in [6, 6.07) is 0. The third-order valence-corrected chi connectivity index (χ3v) is 0.660. The predicted molar refractivity (Wildman–Crippen MR) is 29.9 cm³/mol. The molecule has 0 fully saturated rings. The second kappa shape index (κ2) is 3.88. The molecule has 51 valence electrons. The molecule has 4 nitrogen and oxygen atoms in total. The third kappa shape index (κ3) is 6.94. The zero-order valence-electron chi connectivity index (χ0n) is 5.13. The topological polar surface area (TPSA) is 68.5 Å². The van der Waals surface area contributed by atoms with Gasteiger partial charge in [-0.1, -0.05) is 0 Å². The first-order chi connectivity index (χ1) is 4.13. The van der Waals surface area contributed by atoms with E-state index in [-0.39, 0.29) is 18.9 Å². The summed E-state index contributed by atoms with van der Waals surface area (Å²) in [6.07, 6.45) is -0.0699. The Morgan fingerprint density at radius 1 is 1.56 bits per heavy atom. The van der Waals surface area contributed by atoms with Crippen LogP contribution in [-0.4, -0.2) is 23.5 Å². The van der Waals surface area contributed by atoms with Crippen LogP contribution in [0.4, 0.5) is 0 Å². The van der Waals surface area contributed by atoms with Crippen LogP contribution in [0.3, 0.4) is 0 Å². The van der Waals surface area contributed by atoms with Crippen molar-refractivity contribution in [2.45, 2.75) is 13.3 Å². The molecule has 0 spiro atoms. The van der Waals surface area contributed by atoms with Crippen LogP contribution in [0, 0.1) is 0 Å². The summed E-state index contributed by atoms with van der Waals surface area (Å²) in [6.45, 7) is 1.38. The largest absolute Gasteiger partial charge is 0.481 e. The van der Waals surface area contributed by atoms with Gasteiger partial charge in [0.2, 0.25) is 5.91 Å². The molecule has 1 N–H and O–H groups in total. The lowest BCUT2D eigenvalue weighted by Gasteiger charge is -1.91. The first kappa shape index (κ1) is 7.94. The van der Waals surface area contributed by atoms with Crippen molar-refractivity contribution in [3.8, 4) is 0 Å². The molecule has 4 heteroatoms. The van der Waals surface area contributed by atoms with Gasteiger partial charge in [0.05, 0.1) is 13.0 Å². The second-order valence-corrected chi connectivity index (χ2v) is 1.54. The summed E-state index contributed by atoms with van der Waals surface area (Å²) >= 11 is 0. The Hall–Kier alpha value is -1.06. The van der Waals surface area contributed by atoms with E-state index >= 15 is 0 Å². The van der Waals surface area contributed by atoms with E-state index in [9.17, 15) is 9.59 Å². The van der Waals surface area contributed by atoms with Gasteiger partial charge in [-0.05, 0) is 0 Å². The van der Waals surface area contributed by atoms with Crippen LogP contribution in [-0.2, 0) is 9.59 Å². The molecule has 0 aliphatic heterocycles. The average Bonchev–Trinajstić information content (AvgIpc) is 1.63. The monoisotopic (exact) mass is 130 g/mol. The van der Waals surface area contributed by atoms with Crippen molar-refractivity contribution in [1.82, 2.24) is 5.32 Å². The highest BCUT2D eigenvalue weighted by atomic mass is 16.4. The number of hydrogen-bond donors (Lipinski definition) is 1. The van der Waals surface area contributed by atoms with Gasteiger partial charge in [-0.2, -0.15) is 0 Å². The van der Waals surface area contributed by atoms with Crippen molar-refractivity contribution < 1.29 is 14.7 Å². The Bertz CT molecular complexity index is 107. The van der Waals surface area contributed by atoms with Crippen molar-refractivity contribution in [1.29, 1.82) is 0 Å². The standard InChI is InChI=1S/C5H8NO3/c1-4(7)6-3-2-5(8)9/h2-3H2,1H3,(H,8,9). The lowest BCUT2D eigenvalue weighted by atomic mass is 10.4. The maximum absolute atomic E-state index is 10.1. The molecule has 1 radical (unpaired) electrons. The highest BCUT2D eigenvalue weighted by Gasteiger charge is 1.97. The molecule has 0 unspecified atom stereocenters. The Morgan fingerprint density at radius 2 is 2.11 bits per heavy atom. The maximum atomic E-state index is 10.1. The van der Waals surface area contributed by atoms with E-state index in [0.717, 1.165) is 0 Å². The van der Waals surface area contributed by atoms with Gasteiger partial charge in [-0.15, -0.1) is 0 Å². The van der Waals surface area contributed by atoms with Crippen LogP contribution in [0.25, 0.3) is 0 Å². The van der Waals surface area contributed by atoms with Crippen LogP contribution >= 0.6 is 0 Å². The molecule has 0 saturated carbocycles. The zero-order chi connectivity index (χ0) is 7.28. The number of hydrogen-bond acceptors (Lipinski definition) is 2. The molecule has 0 rings (SSSR count). The van der Waals surface area contributed by atoms with Crippen molar-refractivity contribution in [2.75, 3.05) is 6.54 Å². The Kier molecular flexibility index (Phi) is 3.43. The first-order valence-electron chi connectivity index (χ1n) is 2.53. The van der Waals surface area contributed by atoms with Crippen LogP contribution in [0.5, 0.6) is 0 Å². The maximum Gasteiger partial charge on any atom is 0.305 e. The van der Waals surface area contributed by atoms with Crippen molar-refractivity contribution in [3.05, 3.63) is 0 Å². The van der Waals surface area contributed by atoms with Crippen LogP contribution < -0.4 is 5.32 Å². The number of amides is 1. The van der Waals surface area contributed by atoms with Crippen molar-refractivity contribution in [2.24, 2.45) is 0 Å². The van der Waals surface area contributed by atoms with Crippen LogP contribution in [0.1, 0.15) is 13.3 Å². The molecule has 0 aromatic rings. The number of nitrogens with zero attached hydrogens (tertiary/aromatic N) is 1. The predicted octanol–water partition coefficient (Wildman–Crippen LogP) is -0.388. The Morgan fingerprint density at radius 3 is 2.44 bits per heavy atom. The number of carbonyl (C=O) groups excluding carboxylic acids is 1. The molecule has 1 amide bonds. The van der Waals surface area contributed by atoms with Gasteiger partial charge >= 0.3 is 5.97 Å². The Balaban J connectivity index is 3.10. The van der Waals surface area contributed by atoms with Gasteiger partial charge in [-0.25, -0.2) is 0 Å². The van der Waals surface area contributed by atoms with Gasteiger partial charge < -0.3 is 5.11 Å². The molecule has 0 saturated heterocycles. The fourth-order valence-corrected chi connectivity index (χ4v) is 0.309. The molecule has 0 aliphatic rings. The molecule has 0 aromatic carbocycles. The van der Waals surface area contributed by atoms with Crippen molar-refractivity contribution in [3.63, 3.8) is 0 Å². The molecule has 0 aliphatic carbocycles. The zero-order valence-corrected chi connectivity index (χ0v) is 5.13.